The second-order valence-corrected chi connectivity index (χ2v) is 4.32. The zero-order valence-corrected chi connectivity index (χ0v) is 16.6. The van der Waals surface area contributed by atoms with Crippen molar-refractivity contribution < 1.29 is 67.8 Å². The molecule has 0 radical (unpaired) electrons. The standard InChI is InChI=1S/C11H23N4O2.Rb/c1-9(2)5-3-4-8-13-11(17)15-14-10(16)6-7-12;/h9,12H,3-8H2,1-2H3,(H,14,16)(H2,13,15,17);/q-1;+1. The number of amides is 3. The summed E-state index contributed by atoms with van der Waals surface area (Å²) in [7, 11) is 0. The third kappa shape index (κ3) is 14.6. The van der Waals surface area contributed by atoms with Gasteiger partial charge in [-0.2, -0.15) is 0 Å². The first-order valence-corrected chi connectivity index (χ1v) is 6.03. The topological polar surface area (TPSA) is 94.0 Å². The molecule has 0 aliphatic rings. The molecule has 100 valence electrons. The molecule has 18 heavy (non-hydrogen) atoms. The number of unbranched alkanes of at least 4 members (excludes halogenated alkanes) is 1. The van der Waals surface area contributed by atoms with E-state index in [0.29, 0.717) is 12.5 Å². The van der Waals surface area contributed by atoms with Gasteiger partial charge in [0.25, 0.3) is 0 Å². The molecule has 0 aromatic carbocycles. The first-order valence-electron chi connectivity index (χ1n) is 6.03. The largest absolute Gasteiger partial charge is 1.00 e. The third-order valence-corrected chi connectivity index (χ3v) is 2.16. The molecule has 0 aliphatic carbocycles. The van der Waals surface area contributed by atoms with Gasteiger partial charge in [-0.3, -0.25) is 10.2 Å². The molecule has 0 saturated heterocycles. The zero-order chi connectivity index (χ0) is 13.1. The summed E-state index contributed by atoms with van der Waals surface area (Å²) in [5.74, 6) is 0.336. The molecule has 0 unspecified atom stereocenters. The molecule has 6 nitrogen and oxygen atoms in total. The average Bonchev–Trinajstić information content (AvgIpc) is 2.26. The van der Waals surface area contributed by atoms with E-state index in [9.17, 15) is 9.59 Å². The molecular formula is C11H23N4O2Rb. The van der Waals surface area contributed by atoms with E-state index < -0.39 is 6.03 Å². The molecule has 0 bridgehead atoms. The third-order valence-electron chi connectivity index (χ3n) is 2.16. The van der Waals surface area contributed by atoms with E-state index in [2.05, 4.69) is 30.0 Å². The molecule has 0 fully saturated rings. The number of hydrazine groups is 1. The Morgan fingerprint density at radius 2 is 1.83 bits per heavy atom. The predicted octanol–water partition coefficient (Wildman–Crippen LogP) is -1.41. The van der Waals surface area contributed by atoms with E-state index in [4.69, 9.17) is 5.73 Å². The first-order chi connectivity index (χ1) is 8.06. The normalized spacial score (nSPS) is 9.56. The van der Waals surface area contributed by atoms with Crippen molar-refractivity contribution in [3.63, 3.8) is 0 Å². The van der Waals surface area contributed by atoms with Gasteiger partial charge < -0.3 is 11.1 Å². The van der Waals surface area contributed by atoms with Crippen LogP contribution >= 0.6 is 0 Å². The van der Waals surface area contributed by atoms with Crippen molar-refractivity contribution in [1.82, 2.24) is 16.2 Å². The molecule has 0 atom stereocenters. The van der Waals surface area contributed by atoms with Crippen LogP contribution in [0.1, 0.15) is 39.5 Å². The summed E-state index contributed by atoms with van der Waals surface area (Å²) >= 11 is 0. The van der Waals surface area contributed by atoms with Crippen molar-refractivity contribution in [1.29, 1.82) is 0 Å². The van der Waals surface area contributed by atoms with Crippen LogP contribution in [0.5, 0.6) is 0 Å². The molecule has 0 spiro atoms. The van der Waals surface area contributed by atoms with Gasteiger partial charge in [-0.15, -0.1) is 6.54 Å². The van der Waals surface area contributed by atoms with Gasteiger partial charge in [-0.25, -0.2) is 10.2 Å². The van der Waals surface area contributed by atoms with Gasteiger partial charge in [0.05, 0.1) is 0 Å². The summed E-state index contributed by atoms with van der Waals surface area (Å²) in [4.78, 5) is 22.1. The van der Waals surface area contributed by atoms with Crippen molar-refractivity contribution in [2.75, 3.05) is 13.1 Å². The Labute approximate surface area is 158 Å². The number of rotatable bonds is 7. The summed E-state index contributed by atoms with van der Waals surface area (Å²) in [5.41, 5.74) is 11.3. The van der Waals surface area contributed by atoms with Crippen molar-refractivity contribution >= 4 is 11.9 Å². The number of hydrogen-bond donors (Lipinski definition) is 3. The van der Waals surface area contributed by atoms with Gasteiger partial charge in [-0.05, 0) is 12.3 Å². The molecule has 4 N–H and O–H groups in total. The van der Waals surface area contributed by atoms with Crippen molar-refractivity contribution in [3.8, 4) is 0 Å². The predicted molar refractivity (Wildman–Crippen MR) is 67.2 cm³/mol. The molecule has 0 saturated carbocycles. The van der Waals surface area contributed by atoms with Gasteiger partial charge in [0.2, 0.25) is 5.91 Å². The van der Waals surface area contributed by atoms with Crippen LogP contribution in [0, 0.1) is 5.92 Å². The Hall–Kier alpha value is 0.505. The van der Waals surface area contributed by atoms with E-state index in [1.807, 2.05) is 0 Å². The number of nitrogens with one attached hydrogen (secondary N) is 4. The van der Waals surface area contributed by atoms with Gasteiger partial charge in [0.15, 0.2) is 0 Å². The average molecular weight is 329 g/mol. The molecule has 0 rings (SSSR count). The maximum atomic E-state index is 11.2. The van der Waals surface area contributed by atoms with Crippen LogP contribution in [0.4, 0.5) is 4.79 Å². The molecule has 0 aliphatic heterocycles. The molecule has 3 amide bonds. The Morgan fingerprint density at radius 3 is 2.39 bits per heavy atom. The number of carbonyl (C=O) groups excluding carboxylic acids is 2. The zero-order valence-electron chi connectivity index (χ0n) is 11.6. The Balaban J connectivity index is 0. The van der Waals surface area contributed by atoms with Gasteiger partial charge in [-0.1, -0.05) is 26.7 Å². The van der Waals surface area contributed by atoms with Crippen LogP contribution in [-0.4, -0.2) is 25.0 Å². The summed E-state index contributed by atoms with van der Waals surface area (Å²) in [6.45, 7) is 4.96. The maximum Gasteiger partial charge on any atom is 1.00 e. The van der Waals surface area contributed by atoms with Gasteiger partial charge in [0.1, 0.15) is 0 Å². The Bertz CT molecular complexity index is 237. The fraction of sp³-hybridized carbons (Fsp3) is 0.818. The van der Waals surface area contributed by atoms with E-state index in [1.54, 1.807) is 0 Å². The van der Waals surface area contributed by atoms with Crippen LogP contribution in [0.15, 0.2) is 0 Å². The van der Waals surface area contributed by atoms with Crippen LogP contribution in [0.25, 0.3) is 5.73 Å². The molecule has 7 heteroatoms. The molecule has 0 aromatic rings. The van der Waals surface area contributed by atoms with Gasteiger partial charge >= 0.3 is 64.2 Å². The van der Waals surface area contributed by atoms with E-state index in [-0.39, 0.29) is 77.1 Å². The number of hydrogen-bond acceptors (Lipinski definition) is 2. The smallest absolute Gasteiger partial charge is 0.677 e. The minimum atomic E-state index is -0.409. The quantitative estimate of drug-likeness (QED) is 0.395. The van der Waals surface area contributed by atoms with Crippen molar-refractivity contribution in [2.45, 2.75) is 39.5 Å². The second kappa shape index (κ2) is 13.9. The summed E-state index contributed by atoms with van der Waals surface area (Å²) in [6, 6.07) is -0.409. The fourth-order valence-corrected chi connectivity index (χ4v) is 1.23. The summed E-state index contributed by atoms with van der Waals surface area (Å²) in [5, 5.41) is 2.64. The van der Waals surface area contributed by atoms with Crippen LogP contribution in [-0.2, 0) is 4.79 Å². The van der Waals surface area contributed by atoms with Crippen LogP contribution in [0.3, 0.4) is 0 Å². The van der Waals surface area contributed by atoms with Crippen LogP contribution < -0.4 is 74.4 Å². The number of carbonyl (C=O) groups is 2. The number of urea groups is 1. The summed E-state index contributed by atoms with van der Waals surface area (Å²) < 4.78 is 0. The van der Waals surface area contributed by atoms with Gasteiger partial charge in [0, 0.05) is 13.0 Å². The minimum Gasteiger partial charge on any atom is -0.677 e. The SMILES string of the molecule is CC(C)CCCCNC(=O)NNC(=O)CC[NH-].[Rb+]. The van der Waals surface area contributed by atoms with Crippen molar-refractivity contribution in [3.05, 3.63) is 5.73 Å². The molecule has 0 aromatic heterocycles. The van der Waals surface area contributed by atoms with E-state index >= 15 is 0 Å². The van der Waals surface area contributed by atoms with E-state index in [1.165, 1.54) is 0 Å². The monoisotopic (exact) mass is 328 g/mol. The Morgan fingerprint density at radius 1 is 1.17 bits per heavy atom. The van der Waals surface area contributed by atoms with Crippen LogP contribution in [0.2, 0.25) is 0 Å². The maximum absolute atomic E-state index is 11.2. The second-order valence-electron chi connectivity index (χ2n) is 4.32. The Kier molecular flexibility index (Phi) is 16.1. The van der Waals surface area contributed by atoms with E-state index in [0.717, 1.165) is 19.3 Å². The first kappa shape index (κ1) is 20.8. The molecular weight excluding hydrogens is 306 g/mol. The fourth-order valence-electron chi connectivity index (χ4n) is 1.23. The molecule has 0 heterocycles. The van der Waals surface area contributed by atoms with Crippen molar-refractivity contribution in [2.24, 2.45) is 5.92 Å². The summed E-state index contributed by atoms with van der Waals surface area (Å²) in [6.07, 6.45) is 3.27. The minimum absolute atomic E-state index is 0.